The first-order valence-corrected chi connectivity index (χ1v) is 6.16. The van der Waals surface area contributed by atoms with Gasteiger partial charge in [-0.05, 0) is 17.7 Å². The lowest BCUT2D eigenvalue weighted by Gasteiger charge is -2.05. The normalized spacial score (nSPS) is 9.65. The summed E-state index contributed by atoms with van der Waals surface area (Å²) in [7, 11) is 0. The van der Waals surface area contributed by atoms with Gasteiger partial charge in [0.1, 0.15) is 6.54 Å². The van der Waals surface area contributed by atoms with Crippen LogP contribution in [0.5, 0.6) is 0 Å². The van der Waals surface area contributed by atoms with Crippen molar-refractivity contribution in [3.8, 4) is 11.8 Å². The van der Waals surface area contributed by atoms with Gasteiger partial charge in [0.25, 0.3) is 0 Å². The number of amides is 1. The number of hydrogen-bond donors (Lipinski definition) is 2. The van der Waals surface area contributed by atoms with E-state index in [2.05, 4.69) is 27.5 Å². The zero-order valence-corrected chi connectivity index (χ0v) is 10.9. The monoisotopic (exact) mass is 269 g/mol. The fourth-order valence-electron chi connectivity index (χ4n) is 1.63. The van der Waals surface area contributed by atoms with Crippen LogP contribution in [0.15, 0.2) is 36.7 Å². The quantitative estimate of drug-likeness (QED) is 0.759. The third-order valence-corrected chi connectivity index (χ3v) is 2.53. The van der Waals surface area contributed by atoms with Gasteiger partial charge in [-0.25, -0.2) is 4.68 Å². The molecule has 0 unspecified atom stereocenters. The van der Waals surface area contributed by atoms with Gasteiger partial charge in [0, 0.05) is 18.3 Å². The standard InChI is InChI=1S/C14H15N5O/c15-6-2-5-12-3-1-4-13(9-12)10-16-14(20)11-19-8-7-17-18-19/h1,3-4,7-9H,6,10-11,15H2,(H,16,20). The van der Waals surface area contributed by atoms with E-state index in [9.17, 15) is 4.79 Å². The molecule has 2 rings (SSSR count). The van der Waals surface area contributed by atoms with Crippen molar-refractivity contribution >= 4 is 5.91 Å². The molecule has 0 aliphatic rings. The van der Waals surface area contributed by atoms with Crippen LogP contribution in [0.1, 0.15) is 11.1 Å². The Bertz CT molecular complexity index is 625. The minimum Gasteiger partial charge on any atom is -0.350 e. The lowest BCUT2D eigenvalue weighted by atomic mass is 10.1. The van der Waals surface area contributed by atoms with E-state index in [1.807, 2.05) is 24.3 Å². The average Bonchev–Trinajstić information content (AvgIpc) is 2.96. The Balaban J connectivity index is 1.88. The van der Waals surface area contributed by atoms with Crippen molar-refractivity contribution in [3.63, 3.8) is 0 Å². The Morgan fingerprint density at radius 2 is 2.35 bits per heavy atom. The second-order valence-electron chi connectivity index (χ2n) is 4.08. The van der Waals surface area contributed by atoms with Crippen LogP contribution in [-0.2, 0) is 17.9 Å². The van der Waals surface area contributed by atoms with Crippen molar-refractivity contribution in [1.82, 2.24) is 20.3 Å². The molecule has 20 heavy (non-hydrogen) atoms. The van der Waals surface area contributed by atoms with Crippen molar-refractivity contribution in [1.29, 1.82) is 0 Å². The van der Waals surface area contributed by atoms with Crippen LogP contribution in [0.4, 0.5) is 0 Å². The number of nitrogens with zero attached hydrogens (tertiary/aromatic N) is 3. The molecule has 1 aromatic heterocycles. The van der Waals surface area contributed by atoms with Gasteiger partial charge in [-0.15, -0.1) is 5.10 Å². The second-order valence-corrected chi connectivity index (χ2v) is 4.08. The summed E-state index contributed by atoms with van der Waals surface area (Å²) >= 11 is 0. The van der Waals surface area contributed by atoms with Crippen LogP contribution in [0.3, 0.4) is 0 Å². The largest absolute Gasteiger partial charge is 0.350 e. The molecule has 0 bridgehead atoms. The molecule has 0 fully saturated rings. The third kappa shape index (κ3) is 4.23. The van der Waals surface area contributed by atoms with E-state index in [0.717, 1.165) is 11.1 Å². The molecule has 6 heteroatoms. The highest BCUT2D eigenvalue weighted by molar-refractivity contribution is 5.75. The second kappa shape index (κ2) is 7.07. The average molecular weight is 269 g/mol. The van der Waals surface area contributed by atoms with E-state index in [-0.39, 0.29) is 12.5 Å². The van der Waals surface area contributed by atoms with Gasteiger partial charge >= 0.3 is 0 Å². The maximum atomic E-state index is 11.7. The Hall–Kier alpha value is -2.65. The molecule has 0 saturated carbocycles. The summed E-state index contributed by atoms with van der Waals surface area (Å²) in [6.07, 6.45) is 3.18. The van der Waals surface area contributed by atoms with E-state index in [0.29, 0.717) is 13.1 Å². The van der Waals surface area contributed by atoms with Crippen LogP contribution in [0.2, 0.25) is 0 Å². The molecule has 1 aromatic carbocycles. The first-order valence-electron chi connectivity index (χ1n) is 6.16. The smallest absolute Gasteiger partial charge is 0.242 e. The number of carbonyl (C=O) groups excluding carboxylic acids is 1. The predicted octanol–water partition coefficient (Wildman–Crippen LogP) is -0.0953. The number of nitrogens with two attached hydrogens (primary N) is 1. The van der Waals surface area contributed by atoms with Crippen molar-refractivity contribution < 1.29 is 4.79 Å². The summed E-state index contributed by atoms with van der Waals surface area (Å²) in [5.74, 6) is 5.64. The van der Waals surface area contributed by atoms with Crippen molar-refractivity contribution in [3.05, 3.63) is 47.8 Å². The molecular weight excluding hydrogens is 254 g/mol. The fraction of sp³-hybridized carbons (Fsp3) is 0.214. The maximum absolute atomic E-state index is 11.7. The molecule has 0 saturated heterocycles. The summed E-state index contributed by atoms with van der Waals surface area (Å²) < 4.78 is 1.47. The number of aromatic nitrogens is 3. The lowest BCUT2D eigenvalue weighted by molar-refractivity contribution is -0.122. The molecule has 0 spiro atoms. The molecule has 0 atom stereocenters. The molecule has 2 aromatic rings. The predicted molar refractivity (Wildman–Crippen MR) is 74.2 cm³/mol. The maximum Gasteiger partial charge on any atom is 0.242 e. The van der Waals surface area contributed by atoms with Gasteiger partial charge in [0.2, 0.25) is 5.91 Å². The highest BCUT2D eigenvalue weighted by atomic mass is 16.2. The van der Waals surface area contributed by atoms with Crippen LogP contribution in [-0.4, -0.2) is 27.4 Å². The molecule has 0 aliphatic heterocycles. The minimum atomic E-state index is -0.117. The topological polar surface area (TPSA) is 85.8 Å². The van der Waals surface area contributed by atoms with E-state index >= 15 is 0 Å². The summed E-state index contributed by atoms with van der Waals surface area (Å²) in [6.45, 7) is 0.942. The summed E-state index contributed by atoms with van der Waals surface area (Å²) in [5.41, 5.74) is 7.21. The molecule has 1 heterocycles. The zero-order valence-electron chi connectivity index (χ0n) is 10.9. The summed E-state index contributed by atoms with van der Waals surface area (Å²) in [4.78, 5) is 11.7. The van der Waals surface area contributed by atoms with E-state index < -0.39 is 0 Å². The van der Waals surface area contributed by atoms with Crippen LogP contribution in [0.25, 0.3) is 0 Å². The third-order valence-electron chi connectivity index (χ3n) is 2.53. The van der Waals surface area contributed by atoms with Gasteiger partial charge in [-0.1, -0.05) is 29.2 Å². The zero-order chi connectivity index (χ0) is 14.2. The highest BCUT2D eigenvalue weighted by Gasteiger charge is 2.03. The SMILES string of the molecule is NCC#Cc1cccc(CNC(=O)Cn2ccnn2)c1. The number of hydrogen-bond acceptors (Lipinski definition) is 4. The first kappa shape index (κ1) is 13.8. The van der Waals surface area contributed by atoms with Gasteiger partial charge < -0.3 is 11.1 Å². The van der Waals surface area contributed by atoms with Crippen molar-refractivity contribution in [2.24, 2.45) is 5.73 Å². The first-order chi connectivity index (χ1) is 9.78. The molecule has 102 valence electrons. The van der Waals surface area contributed by atoms with Gasteiger partial charge in [-0.2, -0.15) is 0 Å². The summed E-state index contributed by atoms with van der Waals surface area (Å²) in [5, 5.41) is 10.2. The van der Waals surface area contributed by atoms with E-state index in [1.54, 1.807) is 6.20 Å². The Kier molecular flexibility index (Phi) is 4.87. The minimum absolute atomic E-state index is 0.117. The molecule has 0 radical (unpaired) electrons. The van der Waals surface area contributed by atoms with Crippen LogP contribution in [0, 0.1) is 11.8 Å². The van der Waals surface area contributed by atoms with Gasteiger partial charge in [0.05, 0.1) is 12.7 Å². The van der Waals surface area contributed by atoms with Crippen molar-refractivity contribution in [2.75, 3.05) is 6.54 Å². The van der Waals surface area contributed by atoms with Crippen LogP contribution < -0.4 is 11.1 Å². The fourth-order valence-corrected chi connectivity index (χ4v) is 1.63. The van der Waals surface area contributed by atoms with Crippen LogP contribution >= 0.6 is 0 Å². The van der Waals surface area contributed by atoms with Crippen molar-refractivity contribution in [2.45, 2.75) is 13.1 Å². The van der Waals surface area contributed by atoms with Gasteiger partial charge in [0.15, 0.2) is 0 Å². The number of nitrogens with one attached hydrogen (secondary N) is 1. The molecule has 6 nitrogen and oxygen atoms in total. The summed E-state index contributed by atoms with van der Waals surface area (Å²) in [6, 6.07) is 7.67. The highest BCUT2D eigenvalue weighted by Crippen LogP contribution is 2.03. The molecular formula is C14H15N5O. The lowest BCUT2D eigenvalue weighted by Crippen LogP contribution is -2.27. The Morgan fingerprint density at radius 3 is 3.10 bits per heavy atom. The molecule has 1 amide bonds. The number of carbonyl (C=O) groups is 1. The van der Waals surface area contributed by atoms with Gasteiger partial charge in [-0.3, -0.25) is 4.79 Å². The van der Waals surface area contributed by atoms with E-state index in [1.165, 1.54) is 10.9 Å². The number of rotatable bonds is 4. The Morgan fingerprint density at radius 1 is 1.45 bits per heavy atom. The molecule has 3 N–H and O–H groups in total. The Labute approximate surface area is 117 Å². The number of benzene rings is 1. The van der Waals surface area contributed by atoms with E-state index in [4.69, 9.17) is 5.73 Å². The molecule has 0 aliphatic carbocycles.